The van der Waals surface area contributed by atoms with E-state index in [0.717, 1.165) is 0 Å². The van der Waals surface area contributed by atoms with Crippen LogP contribution in [-0.2, 0) is 0 Å². The van der Waals surface area contributed by atoms with Crippen LogP contribution < -0.4 is 0 Å². The van der Waals surface area contributed by atoms with Crippen molar-refractivity contribution >= 4 is 11.6 Å². The molecule has 0 saturated heterocycles. The van der Waals surface area contributed by atoms with Crippen LogP contribution in [0.1, 0.15) is 41.0 Å². The summed E-state index contributed by atoms with van der Waals surface area (Å²) >= 11 is 0. The van der Waals surface area contributed by atoms with Crippen LogP contribution in [0.2, 0.25) is 0 Å². The van der Waals surface area contributed by atoms with Gasteiger partial charge in [0.05, 0.1) is 0 Å². The van der Waals surface area contributed by atoms with Gasteiger partial charge in [-0.2, -0.15) is 0 Å². The normalized spacial score (nSPS) is 37.2. The Kier molecular flexibility index (Phi) is 1.30. The van der Waals surface area contributed by atoms with E-state index in [1.807, 2.05) is 26.0 Å². The molecule has 0 unspecified atom stereocenters. The molecular weight excluding hydrogens is 188 g/mol. The van der Waals surface area contributed by atoms with Crippen molar-refractivity contribution in [3.05, 3.63) is 35.4 Å². The van der Waals surface area contributed by atoms with Crippen molar-refractivity contribution in [3.8, 4) is 0 Å². The second kappa shape index (κ2) is 2.21. The predicted octanol–water partition coefficient (Wildman–Crippen LogP) is 2.48. The summed E-state index contributed by atoms with van der Waals surface area (Å²) in [7, 11) is 0. The molecule has 3 rings (SSSR count). The molecule has 2 atom stereocenters. The highest BCUT2D eigenvalue weighted by molar-refractivity contribution is 6.22. The molecule has 2 heteroatoms. The zero-order valence-electron chi connectivity index (χ0n) is 8.83. The number of fused-ring (bicyclic) bond motifs is 2. The van der Waals surface area contributed by atoms with E-state index in [0.29, 0.717) is 17.5 Å². The van der Waals surface area contributed by atoms with Crippen LogP contribution in [0.5, 0.6) is 0 Å². The van der Waals surface area contributed by atoms with E-state index in [1.54, 1.807) is 12.1 Å². The lowest BCUT2D eigenvalue weighted by Crippen LogP contribution is -2.32. The predicted molar refractivity (Wildman–Crippen MR) is 55.9 cm³/mol. The van der Waals surface area contributed by atoms with Gasteiger partial charge in [-0.15, -0.1) is 0 Å². The van der Waals surface area contributed by atoms with Gasteiger partial charge < -0.3 is 0 Å². The highest BCUT2D eigenvalue weighted by Gasteiger charge is 2.72. The van der Waals surface area contributed by atoms with Crippen LogP contribution in [0, 0.1) is 10.8 Å². The molecule has 2 nitrogen and oxygen atoms in total. The van der Waals surface area contributed by atoms with E-state index in [4.69, 9.17) is 0 Å². The lowest BCUT2D eigenvalue weighted by molar-refractivity contribution is 0.0763. The van der Waals surface area contributed by atoms with E-state index in [2.05, 4.69) is 0 Å². The Hall–Kier alpha value is -1.44. The molecule has 0 spiro atoms. The average molecular weight is 200 g/mol. The molecule has 15 heavy (non-hydrogen) atoms. The zero-order chi connectivity index (χ0) is 10.8. The third kappa shape index (κ3) is 0.773. The van der Waals surface area contributed by atoms with Crippen molar-refractivity contribution in [2.75, 3.05) is 0 Å². The molecule has 0 aliphatic heterocycles. The quantitative estimate of drug-likeness (QED) is 0.644. The summed E-state index contributed by atoms with van der Waals surface area (Å²) in [5, 5.41) is 0. The highest BCUT2D eigenvalue weighted by Crippen LogP contribution is 2.68. The highest BCUT2D eigenvalue weighted by atomic mass is 16.1. The van der Waals surface area contributed by atoms with Crippen molar-refractivity contribution in [1.82, 2.24) is 0 Å². The largest absolute Gasteiger partial charge is 0.294 e. The number of benzene rings is 1. The molecule has 0 N–H and O–H groups in total. The van der Waals surface area contributed by atoms with Gasteiger partial charge in [-0.3, -0.25) is 9.59 Å². The van der Waals surface area contributed by atoms with E-state index >= 15 is 0 Å². The number of ketones is 2. The lowest BCUT2D eigenvalue weighted by Gasteiger charge is -2.24. The molecule has 1 saturated carbocycles. The number of hydrogen-bond acceptors (Lipinski definition) is 2. The Morgan fingerprint density at radius 1 is 0.933 bits per heavy atom. The van der Waals surface area contributed by atoms with Crippen LogP contribution >= 0.6 is 0 Å². The van der Waals surface area contributed by atoms with E-state index in [-0.39, 0.29) is 11.6 Å². The Labute approximate surface area is 88.3 Å². The Morgan fingerprint density at radius 2 is 1.33 bits per heavy atom. The van der Waals surface area contributed by atoms with Crippen LogP contribution in [0.3, 0.4) is 0 Å². The molecule has 0 amide bonds. The summed E-state index contributed by atoms with van der Waals surface area (Å²) in [6, 6.07) is 7.16. The summed E-state index contributed by atoms with van der Waals surface area (Å²) in [6.07, 6.45) is 0.701. The molecule has 0 heterocycles. The van der Waals surface area contributed by atoms with Gasteiger partial charge in [-0.05, 0) is 6.42 Å². The first-order valence-corrected chi connectivity index (χ1v) is 5.19. The minimum atomic E-state index is -0.432. The van der Waals surface area contributed by atoms with Gasteiger partial charge >= 0.3 is 0 Å². The van der Waals surface area contributed by atoms with Gasteiger partial charge in [0.1, 0.15) is 0 Å². The summed E-state index contributed by atoms with van der Waals surface area (Å²) < 4.78 is 0. The maximum atomic E-state index is 12.2. The fraction of sp³-hybridized carbons (Fsp3) is 0.385. The fourth-order valence-electron chi connectivity index (χ4n) is 2.80. The van der Waals surface area contributed by atoms with E-state index in [9.17, 15) is 9.59 Å². The van der Waals surface area contributed by atoms with Gasteiger partial charge in [-0.25, -0.2) is 0 Å². The van der Waals surface area contributed by atoms with Gasteiger partial charge in [0.25, 0.3) is 0 Å². The second-order valence-corrected chi connectivity index (χ2v) is 5.04. The molecule has 0 aromatic heterocycles. The molecule has 2 aliphatic rings. The van der Waals surface area contributed by atoms with Crippen molar-refractivity contribution < 1.29 is 9.59 Å². The van der Waals surface area contributed by atoms with E-state index < -0.39 is 10.8 Å². The van der Waals surface area contributed by atoms with Gasteiger partial charge in [0.15, 0.2) is 11.6 Å². The second-order valence-electron chi connectivity index (χ2n) is 5.04. The van der Waals surface area contributed by atoms with Crippen LogP contribution in [0.25, 0.3) is 0 Å². The molecule has 0 radical (unpaired) electrons. The molecule has 1 aromatic carbocycles. The summed E-state index contributed by atoms with van der Waals surface area (Å²) in [5.41, 5.74) is 0.358. The topological polar surface area (TPSA) is 34.1 Å². The molecule has 1 fully saturated rings. The molecule has 1 aromatic rings. The van der Waals surface area contributed by atoms with Crippen LogP contribution in [0.4, 0.5) is 0 Å². The smallest absolute Gasteiger partial charge is 0.170 e. The first kappa shape index (κ1) is 8.84. The maximum absolute atomic E-state index is 12.2. The van der Waals surface area contributed by atoms with Crippen LogP contribution in [-0.4, -0.2) is 11.6 Å². The van der Waals surface area contributed by atoms with E-state index in [1.165, 1.54) is 0 Å². The monoisotopic (exact) mass is 200 g/mol. The number of Topliss-reactive ketones (excluding diaryl/α,β-unsaturated/α-hetero) is 2. The molecular formula is C13H12O2. The SMILES string of the molecule is C[C@@]12C[C@]1(C)C(=O)c1ccccc1C2=O. The lowest BCUT2D eigenvalue weighted by atomic mass is 9.76. The average Bonchev–Trinajstić information content (AvgIpc) is 2.82. The number of rotatable bonds is 0. The number of carbonyl (C=O) groups excluding carboxylic acids is 2. The van der Waals surface area contributed by atoms with Crippen LogP contribution in [0.15, 0.2) is 24.3 Å². The minimum Gasteiger partial charge on any atom is -0.294 e. The van der Waals surface area contributed by atoms with Crippen molar-refractivity contribution in [2.24, 2.45) is 10.8 Å². The summed E-state index contributed by atoms with van der Waals surface area (Å²) in [5.74, 6) is 0.278. The first-order chi connectivity index (χ1) is 7.01. The van der Waals surface area contributed by atoms with Crippen molar-refractivity contribution in [1.29, 1.82) is 0 Å². The van der Waals surface area contributed by atoms with Crippen molar-refractivity contribution in [3.63, 3.8) is 0 Å². The van der Waals surface area contributed by atoms with Crippen molar-refractivity contribution in [2.45, 2.75) is 20.3 Å². The number of hydrogen-bond donors (Lipinski definition) is 0. The summed E-state index contributed by atoms with van der Waals surface area (Å²) in [4.78, 5) is 24.4. The third-order valence-corrected chi connectivity index (χ3v) is 4.22. The van der Waals surface area contributed by atoms with Gasteiger partial charge in [0, 0.05) is 22.0 Å². The zero-order valence-corrected chi connectivity index (χ0v) is 8.83. The molecule has 2 aliphatic carbocycles. The molecule has 0 bridgehead atoms. The first-order valence-electron chi connectivity index (χ1n) is 5.19. The standard InChI is InChI=1S/C13H12O2/c1-12-7-13(12,2)11(15)9-6-4-3-5-8(9)10(12)14/h3-6H,7H2,1-2H3/t12-,13+. The minimum absolute atomic E-state index is 0.139. The third-order valence-electron chi connectivity index (χ3n) is 4.22. The molecule has 76 valence electrons. The Bertz CT molecular complexity index is 458. The fourth-order valence-corrected chi connectivity index (χ4v) is 2.80. The van der Waals surface area contributed by atoms with Gasteiger partial charge in [0.2, 0.25) is 0 Å². The maximum Gasteiger partial charge on any atom is 0.170 e. The Morgan fingerprint density at radius 3 is 1.73 bits per heavy atom. The summed E-state index contributed by atoms with van der Waals surface area (Å²) in [6.45, 7) is 3.81. The van der Waals surface area contributed by atoms with Gasteiger partial charge in [-0.1, -0.05) is 38.1 Å². The number of carbonyl (C=O) groups is 2. The Balaban J connectivity index is 2.30.